The molecule has 2 N–H and O–H groups in total. The molecule has 130 valence electrons. The maximum absolute atomic E-state index is 4.44. The number of nitrogens with one attached hydrogen (secondary N) is 2. The second-order valence-electron chi connectivity index (χ2n) is 6.71. The van der Waals surface area contributed by atoms with Gasteiger partial charge < -0.3 is 10.6 Å². The number of halogens is 2. The van der Waals surface area contributed by atoms with E-state index in [0.29, 0.717) is 0 Å². The monoisotopic (exact) mass is 359 g/mol. The summed E-state index contributed by atoms with van der Waals surface area (Å²) in [5.41, 5.74) is 1.25. The number of rotatable bonds is 5. The average Bonchev–Trinajstić information content (AvgIpc) is 3.19. The second-order valence-corrected chi connectivity index (χ2v) is 6.71. The van der Waals surface area contributed by atoms with Crippen LogP contribution in [0.3, 0.4) is 0 Å². The molecule has 0 amide bonds. The van der Waals surface area contributed by atoms with Crippen LogP contribution in [0, 0.1) is 11.8 Å². The third-order valence-corrected chi connectivity index (χ3v) is 5.51. The van der Waals surface area contributed by atoms with Gasteiger partial charge in [0.1, 0.15) is 0 Å². The molecule has 23 heavy (non-hydrogen) atoms. The Hall–Kier alpha value is -0.620. The molecule has 7 heteroatoms. The number of hydrogen-bond acceptors (Lipinski definition) is 5. The van der Waals surface area contributed by atoms with E-state index in [1.807, 2.05) is 12.4 Å². The molecule has 0 saturated carbocycles. The molecule has 1 aromatic heterocycles. The third-order valence-electron chi connectivity index (χ3n) is 5.51. The van der Waals surface area contributed by atoms with Crippen molar-refractivity contribution in [3.8, 4) is 0 Å². The zero-order chi connectivity index (χ0) is 14.2. The molecule has 0 aromatic carbocycles. The molecule has 3 aliphatic rings. The lowest BCUT2D eigenvalue weighted by molar-refractivity contribution is 0.218. The summed E-state index contributed by atoms with van der Waals surface area (Å²) in [5, 5.41) is 6.81. The summed E-state index contributed by atoms with van der Waals surface area (Å²) in [6.07, 6.45) is 7.85. The summed E-state index contributed by atoms with van der Waals surface area (Å²) < 4.78 is 0. The van der Waals surface area contributed by atoms with Crippen LogP contribution >= 0.6 is 24.8 Å². The first-order chi connectivity index (χ1) is 10.4. The lowest BCUT2D eigenvalue weighted by Gasteiger charge is -2.24. The van der Waals surface area contributed by atoms with Crippen molar-refractivity contribution in [1.29, 1.82) is 0 Å². The highest BCUT2D eigenvalue weighted by Gasteiger charge is 2.54. The van der Waals surface area contributed by atoms with Crippen LogP contribution < -0.4 is 10.6 Å². The summed E-state index contributed by atoms with van der Waals surface area (Å²) in [7, 11) is 0. The maximum Gasteiger partial charge on any atom is 0.222 e. The number of hydrogen-bond donors (Lipinski definition) is 2. The number of nitrogens with zero attached hydrogens (tertiary/aromatic N) is 3. The van der Waals surface area contributed by atoms with Crippen molar-refractivity contribution in [3.05, 3.63) is 18.0 Å². The Morgan fingerprint density at radius 3 is 2.30 bits per heavy atom. The van der Waals surface area contributed by atoms with Gasteiger partial charge in [0.25, 0.3) is 0 Å². The first-order valence-corrected chi connectivity index (χ1v) is 8.38. The van der Waals surface area contributed by atoms with Crippen LogP contribution in [-0.4, -0.2) is 46.6 Å². The van der Waals surface area contributed by atoms with E-state index in [-0.39, 0.29) is 24.8 Å². The van der Waals surface area contributed by atoms with E-state index in [0.717, 1.165) is 49.4 Å². The molecule has 3 saturated heterocycles. The first kappa shape index (κ1) is 18.7. The van der Waals surface area contributed by atoms with Gasteiger partial charge in [-0.1, -0.05) is 6.92 Å². The Labute approximate surface area is 150 Å². The molecule has 0 aliphatic carbocycles. The van der Waals surface area contributed by atoms with Gasteiger partial charge in [-0.15, -0.1) is 24.8 Å². The molecule has 3 fully saturated rings. The average molecular weight is 360 g/mol. The SMILES string of the molecule is CCCNc1ncc(CN2[C@@H]3CC[C@H]2[C@H]2CNC[C@H]23)cn1.Cl.Cl. The molecule has 1 aromatic rings. The fourth-order valence-corrected chi connectivity index (χ4v) is 4.61. The zero-order valence-electron chi connectivity index (χ0n) is 13.6. The van der Waals surface area contributed by atoms with Crippen LogP contribution in [0.1, 0.15) is 31.7 Å². The van der Waals surface area contributed by atoms with Gasteiger partial charge in [-0.3, -0.25) is 4.90 Å². The van der Waals surface area contributed by atoms with Crippen molar-refractivity contribution in [3.63, 3.8) is 0 Å². The molecule has 2 bridgehead atoms. The molecule has 0 unspecified atom stereocenters. The summed E-state index contributed by atoms with van der Waals surface area (Å²) in [6, 6.07) is 1.57. The standard InChI is InChI=1S/C16H25N5.2ClH/c1-2-5-18-16-19-6-11(7-20-16)10-21-14-3-4-15(21)13-9-17-8-12(13)14;;/h6-7,12-15,17H,2-5,8-10H2,1H3,(H,18,19,20);2*1H/t12-,13+,14-,15+;;. The van der Waals surface area contributed by atoms with Gasteiger partial charge in [0, 0.05) is 43.1 Å². The molecule has 0 spiro atoms. The molecule has 4 rings (SSSR count). The Morgan fingerprint density at radius 1 is 1.13 bits per heavy atom. The second kappa shape index (κ2) is 7.97. The lowest BCUT2D eigenvalue weighted by atomic mass is 9.82. The highest BCUT2D eigenvalue weighted by molar-refractivity contribution is 5.85. The first-order valence-electron chi connectivity index (χ1n) is 8.38. The summed E-state index contributed by atoms with van der Waals surface area (Å²) in [6.45, 7) is 6.55. The third kappa shape index (κ3) is 3.43. The Kier molecular flexibility index (Phi) is 6.48. The van der Waals surface area contributed by atoms with Crippen molar-refractivity contribution in [2.75, 3.05) is 25.0 Å². The topological polar surface area (TPSA) is 53.1 Å². The molecule has 5 nitrogen and oxygen atoms in total. The van der Waals surface area contributed by atoms with Crippen LogP contribution in [0.2, 0.25) is 0 Å². The normalized spacial score (nSPS) is 31.3. The van der Waals surface area contributed by atoms with Crippen molar-refractivity contribution in [2.24, 2.45) is 11.8 Å². The van der Waals surface area contributed by atoms with Crippen molar-refractivity contribution in [2.45, 2.75) is 44.8 Å². The fourth-order valence-electron chi connectivity index (χ4n) is 4.61. The minimum Gasteiger partial charge on any atom is -0.354 e. The van der Waals surface area contributed by atoms with Crippen LogP contribution in [0.25, 0.3) is 0 Å². The van der Waals surface area contributed by atoms with Crippen LogP contribution in [0.15, 0.2) is 12.4 Å². The minimum atomic E-state index is 0. The molecule has 4 heterocycles. The van der Waals surface area contributed by atoms with Gasteiger partial charge in [-0.25, -0.2) is 9.97 Å². The van der Waals surface area contributed by atoms with Crippen LogP contribution in [-0.2, 0) is 6.54 Å². The van der Waals surface area contributed by atoms with Crippen molar-refractivity contribution in [1.82, 2.24) is 20.2 Å². The Morgan fingerprint density at radius 2 is 1.74 bits per heavy atom. The van der Waals surface area contributed by atoms with E-state index >= 15 is 0 Å². The van der Waals surface area contributed by atoms with Gasteiger partial charge >= 0.3 is 0 Å². The predicted octanol–water partition coefficient (Wildman–Crippen LogP) is 2.32. The van der Waals surface area contributed by atoms with E-state index in [1.54, 1.807) is 0 Å². The number of fused-ring (bicyclic) bond motifs is 5. The molecule has 0 radical (unpaired) electrons. The van der Waals surface area contributed by atoms with Crippen LogP contribution in [0.5, 0.6) is 0 Å². The quantitative estimate of drug-likeness (QED) is 0.844. The smallest absolute Gasteiger partial charge is 0.222 e. The van der Waals surface area contributed by atoms with E-state index in [9.17, 15) is 0 Å². The van der Waals surface area contributed by atoms with Gasteiger partial charge in [0.05, 0.1) is 0 Å². The molecule has 4 atom stereocenters. The van der Waals surface area contributed by atoms with Crippen molar-refractivity contribution >= 4 is 30.8 Å². The Bertz CT molecular complexity index is 480. The van der Waals surface area contributed by atoms with Crippen LogP contribution in [0.4, 0.5) is 5.95 Å². The molecular formula is C16H27Cl2N5. The lowest BCUT2D eigenvalue weighted by Crippen LogP contribution is -2.33. The summed E-state index contributed by atoms with van der Waals surface area (Å²) in [5.74, 6) is 2.52. The Balaban J connectivity index is 0.000000960. The number of aromatic nitrogens is 2. The molecular weight excluding hydrogens is 333 g/mol. The molecule has 3 aliphatic heterocycles. The minimum absolute atomic E-state index is 0. The van der Waals surface area contributed by atoms with Gasteiger partial charge in [-0.2, -0.15) is 0 Å². The largest absolute Gasteiger partial charge is 0.354 e. The van der Waals surface area contributed by atoms with E-state index in [2.05, 4.69) is 32.4 Å². The summed E-state index contributed by atoms with van der Waals surface area (Å²) in [4.78, 5) is 11.6. The fraction of sp³-hybridized carbons (Fsp3) is 0.750. The predicted molar refractivity (Wildman–Crippen MR) is 97.5 cm³/mol. The highest BCUT2D eigenvalue weighted by atomic mass is 35.5. The van der Waals surface area contributed by atoms with E-state index in [4.69, 9.17) is 0 Å². The van der Waals surface area contributed by atoms with Gasteiger partial charge in [-0.05, 0) is 44.2 Å². The summed E-state index contributed by atoms with van der Waals surface area (Å²) >= 11 is 0. The maximum atomic E-state index is 4.44. The zero-order valence-corrected chi connectivity index (χ0v) is 15.2. The van der Waals surface area contributed by atoms with Gasteiger partial charge in [0.15, 0.2) is 0 Å². The number of anilines is 1. The highest BCUT2D eigenvalue weighted by Crippen LogP contribution is 2.47. The van der Waals surface area contributed by atoms with E-state index < -0.39 is 0 Å². The van der Waals surface area contributed by atoms with Gasteiger partial charge in [0.2, 0.25) is 5.95 Å². The van der Waals surface area contributed by atoms with Crippen molar-refractivity contribution < 1.29 is 0 Å². The van der Waals surface area contributed by atoms with E-state index in [1.165, 1.54) is 31.5 Å².